The minimum absolute atomic E-state index is 0.0797. The van der Waals surface area contributed by atoms with Crippen molar-refractivity contribution in [2.45, 2.75) is 20.4 Å². The van der Waals surface area contributed by atoms with Crippen LogP contribution in [0, 0.1) is 6.92 Å². The Morgan fingerprint density at radius 1 is 1.05 bits per heavy atom. The molecule has 0 radical (unpaired) electrons. The van der Waals surface area contributed by atoms with Gasteiger partial charge in [0.1, 0.15) is 5.82 Å². The van der Waals surface area contributed by atoms with E-state index in [4.69, 9.17) is 19.3 Å². The van der Waals surface area contributed by atoms with E-state index in [-0.39, 0.29) is 12.7 Å². The Morgan fingerprint density at radius 2 is 1.81 bits per heavy atom. The molecule has 9 nitrogen and oxygen atoms in total. The fourth-order valence-electron chi connectivity index (χ4n) is 4.94. The average molecular weight is 506 g/mol. The monoisotopic (exact) mass is 505 g/mol. The topological polar surface area (TPSA) is 72.3 Å². The lowest BCUT2D eigenvalue weighted by Gasteiger charge is -2.36. The number of benzene rings is 2. The summed E-state index contributed by atoms with van der Waals surface area (Å²) in [6.45, 7) is 10.6. The van der Waals surface area contributed by atoms with Gasteiger partial charge in [-0.25, -0.2) is 4.68 Å². The van der Waals surface area contributed by atoms with E-state index < -0.39 is 0 Å². The number of aryl methyl sites for hydroxylation is 1. The summed E-state index contributed by atoms with van der Waals surface area (Å²) in [6.07, 6.45) is 0. The van der Waals surface area contributed by atoms with Crippen LogP contribution in [0.4, 0.5) is 5.82 Å². The highest BCUT2D eigenvalue weighted by Crippen LogP contribution is 2.34. The molecule has 9 heteroatoms. The molecule has 196 valence electrons. The van der Waals surface area contributed by atoms with Crippen molar-refractivity contribution in [2.24, 2.45) is 0 Å². The summed E-state index contributed by atoms with van der Waals surface area (Å²) < 4.78 is 18.3. The number of rotatable bonds is 9. The lowest BCUT2D eigenvalue weighted by Crippen LogP contribution is -2.47. The maximum Gasteiger partial charge on any atom is 0.254 e. The van der Waals surface area contributed by atoms with E-state index in [2.05, 4.69) is 28.9 Å². The summed E-state index contributed by atoms with van der Waals surface area (Å²) in [4.78, 5) is 20.4. The number of anilines is 1. The minimum Gasteiger partial charge on any atom is -0.454 e. The second-order valence-electron chi connectivity index (χ2n) is 9.34. The second kappa shape index (κ2) is 11.2. The van der Waals surface area contributed by atoms with Gasteiger partial charge in [-0.2, -0.15) is 5.10 Å². The van der Waals surface area contributed by atoms with E-state index in [1.54, 1.807) is 25.3 Å². The number of likely N-dealkylation sites (N-methyl/N-ethyl adjacent to an activating group) is 1. The number of aromatic nitrogens is 2. The highest BCUT2D eigenvalue weighted by atomic mass is 16.7. The van der Waals surface area contributed by atoms with Crippen LogP contribution in [0.3, 0.4) is 0 Å². The molecule has 1 saturated heterocycles. The van der Waals surface area contributed by atoms with E-state index in [1.807, 2.05) is 34.7 Å². The van der Waals surface area contributed by atoms with Gasteiger partial charge >= 0.3 is 0 Å². The molecule has 2 aliphatic heterocycles. The first kappa shape index (κ1) is 25.1. The third-order valence-corrected chi connectivity index (χ3v) is 7.10. The van der Waals surface area contributed by atoms with Gasteiger partial charge < -0.3 is 28.9 Å². The van der Waals surface area contributed by atoms with Crippen molar-refractivity contribution < 1.29 is 19.0 Å². The van der Waals surface area contributed by atoms with Crippen molar-refractivity contribution in [2.75, 3.05) is 64.7 Å². The number of ether oxygens (including phenoxy) is 3. The van der Waals surface area contributed by atoms with Crippen molar-refractivity contribution in [1.82, 2.24) is 19.6 Å². The molecule has 2 aromatic carbocycles. The van der Waals surface area contributed by atoms with E-state index in [0.717, 1.165) is 55.5 Å². The number of amides is 1. The molecule has 0 atom stereocenters. The molecule has 2 aliphatic rings. The van der Waals surface area contributed by atoms with Gasteiger partial charge in [0.15, 0.2) is 11.5 Å². The zero-order valence-electron chi connectivity index (χ0n) is 21.9. The minimum atomic E-state index is -0.0797. The number of hydrogen-bond donors (Lipinski definition) is 0. The summed E-state index contributed by atoms with van der Waals surface area (Å²) in [5, 5.41) is 4.96. The molecular weight excluding hydrogens is 470 g/mol. The molecule has 0 saturated carbocycles. The fourth-order valence-corrected chi connectivity index (χ4v) is 4.94. The van der Waals surface area contributed by atoms with E-state index in [9.17, 15) is 4.79 Å². The molecule has 5 rings (SSSR count). The number of nitrogens with zero attached hydrogens (tertiary/aromatic N) is 5. The lowest BCUT2D eigenvalue weighted by atomic mass is 10.1. The number of carbonyl (C=O) groups excluding carboxylic acids is 1. The zero-order chi connectivity index (χ0) is 25.8. The van der Waals surface area contributed by atoms with Gasteiger partial charge in [-0.3, -0.25) is 4.79 Å². The van der Waals surface area contributed by atoms with Crippen LogP contribution < -0.4 is 14.4 Å². The standard InChI is InChI=1S/C28H35N5O4/c1-4-30-12-14-31(15-13-30)27-24(21(2)29-33(27)23-8-6-5-7-9-23)19-32(16-17-35-3)28(34)22-10-11-25-26(18-22)37-20-36-25/h5-11,18H,4,12-17,19-20H2,1-3H3. The Morgan fingerprint density at radius 3 is 2.54 bits per heavy atom. The van der Waals surface area contributed by atoms with Crippen molar-refractivity contribution in [3.63, 3.8) is 0 Å². The van der Waals surface area contributed by atoms with Crippen LogP contribution in [0.25, 0.3) is 5.69 Å². The summed E-state index contributed by atoms with van der Waals surface area (Å²) in [6, 6.07) is 15.6. The van der Waals surface area contributed by atoms with Gasteiger partial charge in [-0.05, 0) is 43.8 Å². The molecule has 0 spiro atoms. The predicted molar refractivity (Wildman–Crippen MR) is 142 cm³/mol. The van der Waals surface area contributed by atoms with Crippen LogP contribution in [0.1, 0.15) is 28.5 Å². The molecule has 0 bridgehead atoms. The van der Waals surface area contributed by atoms with Crippen LogP contribution in [0.2, 0.25) is 0 Å². The third kappa shape index (κ3) is 5.28. The van der Waals surface area contributed by atoms with Gasteiger partial charge in [0.2, 0.25) is 6.79 Å². The normalized spacial score (nSPS) is 15.3. The van der Waals surface area contributed by atoms with Gasteiger partial charge in [0.05, 0.1) is 24.5 Å². The van der Waals surface area contributed by atoms with Crippen LogP contribution in [0.5, 0.6) is 11.5 Å². The highest BCUT2D eigenvalue weighted by Gasteiger charge is 2.28. The third-order valence-electron chi connectivity index (χ3n) is 7.10. The van der Waals surface area contributed by atoms with E-state index in [1.165, 1.54) is 0 Å². The van der Waals surface area contributed by atoms with Gasteiger partial charge in [0, 0.05) is 51.0 Å². The highest BCUT2D eigenvalue weighted by molar-refractivity contribution is 5.95. The Labute approximate surface area is 218 Å². The number of piperazine rings is 1. The zero-order valence-corrected chi connectivity index (χ0v) is 21.9. The molecular formula is C28H35N5O4. The SMILES string of the molecule is CCN1CCN(c2c(CN(CCOC)C(=O)c3ccc4c(c3)OCO4)c(C)nn2-c2ccccc2)CC1. The van der Waals surface area contributed by atoms with E-state index >= 15 is 0 Å². The Kier molecular flexibility index (Phi) is 7.62. The quantitative estimate of drug-likeness (QED) is 0.442. The largest absolute Gasteiger partial charge is 0.454 e. The van der Waals surface area contributed by atoms with Crippen molar-refractivity contribution in [3.05, 3.63) is 65.4 Å². The molecule has 1 amide bonds. The van der Waals surface area contributed by atoms with Gasteiger partial charge in [-0.1, -0.05) is 25.1 Å². The molecule has 1 aromatic heterocycles. The lowest BCUT2D eigenvalue weighted by molar-refractivity contribution is 0.0680. The van der Waals surface area contributed by atoms with Gasteiger partial charge in [0.25, 0.3) is 5.91 Å². The molecule has 3 heterocycles. The van der Waals surface area contributed by atoms with Crippen LogP contribution >= 0.6 is 0 Å². The summed E-state index contributed by atoms with van der Waals surface area (Å²) in [5.74, 6) is 2.23. The molecule has 3 aromatic rings. The summed E-state index contributed by atoms with van der Waals surface area (Å²) in [5.41, 5.74) is 3.54. The first-order valence-electron chi connectivity index (χ1n) is 12.9. The first-order valence-corrected chi connectivity index (χ1v) is 12.9. The fraction of sp³-hybridized carbons (Fsp3) is 0.429. The molecule has 37 heavy (non-hydrogen) atoms. The van der Waals surface area contributed by atoms with Gasteiger partial charge in [-0.15, -0.1) is 0 Å². The second-order valence-corrected chi connectivity index (χ2v) is 9.34. The molecule has 0 unspecified atom stereocenters. The number of hydrogen-bond acceptors (Lipinski definition) is 7. The molecule has 0 N–H and O–H groups in total. The Bertz CT molecular complexity index is 1220. The van der Waals surface area contributed by atoms with Crippen molar-refractivity contribution in [1.29, 1.82) is 0 Å². The number of carbonyl (C=O) groups is 1. The smallest absolute Gasteiger partial charge is 0.254 e. The number of methoxy groups -OCH3 is 1. The number of fused-ring (bicyclic) bond motifs is 1. The molecule has 0 aliphatic carbocycles. The predicted octanol–water partition coefficient (Wildman–Crippen LogP) is 3.34. The Hall–Kier alpha value is -3.56. The summed E-state index contributed by atoms with van der Waals surface area (Å²) >= 11 is 0. The van der Waals surface area contributed by atoms with Crippen LogP contribution in [-0.2, 0) is 11.3 Å². The van der Waals surface area contributed by atoms with Crippen molar-refractivity contribution in [3.8, 4) is 17.2 Å². The Balaban J connectivity index is 1.50. The summed E-state index contributed by atoms with van der Waals surface area (Å²) in [7, 11) is 1.65. The average Bonchev–Trinajstić information content (AvgIpc) is 3.54. The number of para-hydroxylation sites is 1. The van der Waals surface area contributed by atoms with Crippen LogP contribution in [-0.4, -0.2) is 85.3 Å². The van der Waals surface area contributed by atoms with Crippen molar-refractivity contribution >= 4 is 11.7 Å². The molecule has 1 fully saturated rings. The van der Waals surface area contributed by atoms with E-state index in [0.29, 0.717) is 36.8 Å². The maximum absolute atomic E-state index is 13.7. The maximum atomic E-state index is 13.7. The first-order chi connectivity index (χ1) is 18.1. The van der Waals surface area contributed by atoms with Crippen LogP contribution in [0.15, 0.2) is 48.5 Å².